The van der Waals surface area contributed by atoms with Gasteiger partial charge in [0.25, 0.3) is 25.6 Å². The van der Waals surface area contributed by atoms with E-state index in [4.69, 9.17) is 21.3 Å². The van der Waals surface area contributed by atoms with E-state index in [1.54, 1.807) is 52.3 Å². The second-order valence-electron chi connectivity index (χ2n) is 15.4. The third kappa shape index (κ3) is 10.4. The molecule has 28 heteroatoms. The van der Waals surface area contributed by atoms with E-state index in [1.807, 2.05) is 12.1 Å². The number of carboxylic acid groups (broad SMARTS) is 2. The number of nitrogens with zero attached hydrogens (tertiary/aromatic N) is 9. The number of ether oxygens (including phenoxy) is 1. The lowest BCUT2D eigenvalue weighted by Gasteiger charge is -2.12. The molecule has 0 amide bonds. The summed E-state index contributed by atoms with van der Waals surface area (Å²) in [5.41, 5.74) is 15.9. The lowest BCUT2D eigenvalue weighted by atomic mass is 10.1. The van der Waals surface area contributed by atoms with Gasteiger partial charge in [0.15, 0.2) is 0 Å². The highest BCUT2D eigenvalue weighted by molar-refractivity contribution is 7.93. The number of H-pyrrole nitrogens is 1. The van der Waals surface area contributed by atoms with Crippen molar-refractivity contribution in [1.29, 1.82) is 0 Å². The molecule has 0 unspecified atom stereocenters. The Morgan fingerprint density at radius 1 is 0.644 bits per heavy atom. The number of aromatic amines is 1. The number of anilines is 2. The molecular formula is C45H36N14O10S4. The number of rotatable bonds is 15. The summed E-state index contributed by atoms with van der Waals surface area (Å²) in [5.74, 6) is -2.48. The number of methoxy groups -OCH3 is 1. The molecule has 2 aromatic carbocycles. The molecule has 0 saturated heterocycles. The molecule has 73 heavy (non-hydrogen) atoms. The number of aromatic carboxylic acids is 2. The molecule has 0 aliphatic rings. The van der Waals surface area contributed by atoms with Crippen LogP contribution in [0.5, 0.6) is 5.88 Å². The second kappa shape index (κ2) is 20.1. The van der Waals surface area contributed by atoms with Gasteiger partial charge in [0.05, 0.1) is 51.8 Å². The van der Waals surface area contributed by atoms with Gasteiger partial charge in [0, 0.05) is 72.5 Å². The van der Waals surface area contributed by atoms with Crippen molar-refractivity contribution in [3.8, 4) is 49.5 Å². The van der Waals surface area contributed by atoms with Crippen LogP contribution in [0.25, 0.3) is 53.6 Å². The molecule has 0 spiro atoms. The molecule has 0 bridgehead atoms. The van der Waals surface area contributed by atoms with E-state index < -0.39 is 37.5 Å². The Morgan fingerprint density at radius 2 is 1.14 bits per heavy atom. The van der Waals surface area contributed by atoms with Crippen molar-refractivity contribution < 1.29 is 41.4 Å². The number of nitrogens with one attached hydrogen (secondary N) is 3. The van der Waals surface area contributed by atoms with Crippen molar-refractivity contribution in [1.82, 2.24) is 49.1 Å². The van der Waals surface area contributed by atoms with Gasteiger partial charge in [-0.05, 0) is 71.8 Å². The van der Waals surface area contributed by atoms with Crippen molar-refractivity contribution in [2.75, 3.05) is 16.6 Å². The lowest BCUT2D eigenvalue weighted by Crippen LogP contribution is -2.20. The Hall–Kier alpha value is -8.80. The fourth-order valence-corrected chi connectivity index (χ4v) is 10.9. The summed E-state index contributed by atoms with van der Waals surface area (Å²) in [6.07, 6.45) is 13.0. The quantitative estimate of drug-likeness (QED) is 0.0706. The number of hydrogen-bond donors (Lipinski definition) is 7. The summed E-state index contributed by atoms with van der Waals surface area (Å²) in [7, 11) is -7.03. The third-order valence-corrected chi connectivity index (χ3v) is 15.2. The van der Waals surface area contributed by atoms with Crippen LogP contribution in [0.15, 0.2) is 137 Å². The van der Waals surface area contributed by atoms with Crippen LogP contribution in [0.1, 0.15) is 31.8 Å². The van der Waals surface area contributed by atoms with E-state index in [2.05, 4.69) is 49.5 Å². The monoisotopic (exact) mass is 1060 g/mol. The molecule has 9 N–H and O–H groups in total. The average Bonchev–Trinajstić information content (AvgIpc) is 4.20. The molecule has 0 aliphatic carbocycles. The number of imidazole rings is 2. The molecular weight excluding hydrogens is 1020 g/mol. The van der Waals surface area contributed by atoms with Gasteiger partial charge < -0.3 is 31.4 Å². The van der Waals surface area contributed by atoms with Gasteiger partial charge >= 0.3 is 11.9 Å². The average molecular weight is 1060 g/mol. The Morgan fingerprint density at radius 3 is 1.63 bits per heavy atom. The summed E-state index contributed by atoms with van der Waals surface area (Å²) in [6.45, 7) is 0.684. The summed E-state index contributed by atoms with van der Waals surface area (Å²) < 4.78 is 64.9. The van der Waals surface area contributed by atoms with Crippen molar-refractivity contribution in [2.24, 2.45) is 11.5 Å². The van der Waals surface area contributed by atoms with Crippen LogP contribution in [0, 0.1) is 0 Å². The van der Waals surface area contributed by atoms with Crippen LogP contribution in [0.4, 0.5) is 11.4 Å². The highest BCUT2D eigenvalue weighted by Gasteiger charge is 2.23. The predicted molar refractivity (Wildman–Crippen MR) is 268 cm³/mol. The maximum absolute atomic E-state index is 13.0. The van der Waals surface area contributed by atoms with Crippen LogP contribution in [0.2, 0.25) is 0 Å². The van der Waals surface area contributed by atoms with Crippen molar-refractivity contribution in [3.63, 3.8) is 0 Å². The highest BCUT2D eigenvalue weighted by Crippen LogP contribution is 2.35. The number of pyridine rings is 4. The molecule has 10 aromatic rings. The van der Waals surface area contributed by atoms with Gasteiger partial charge in [-0.2, -0.15) is 10.2 Å². The zero-order valence-corrected chi connectivity index (χ0v) is 40.7. The lowest BCUT2D eigenvalue weighted by molar-refractivity contribution is 0.0685. The molecule has 0 radical (unpaired) electrons. The molecule has 10 rings (SSSR count). The van der Waals surface area contributed by atoms with E-state index in [0.717, 1.165) is 40.1 Å². The first-order valence-corrected chi connectivity index (χ1v) is 25.6. The van der Waals surface area contributed by atoms with Crippen LogP contribution < -0.4 is 31.2 Å². The molecule has 8 heterocycles. The predicted octanol–water partition coefficient (Wildman–Crippen LogP) is 5.05. The molecule has 8 aromatic heterocycles. The smallest absolute Gasteiger partial charge is 0.335 e. The molecule has 370 valence electrons. The van der Waals surface area contributed by atoms with E-state index in [0.29, 0.717) is 49.8 Å². The first kappa shape index (κ1) is 49.2. The van der Waals surface area contributed by atoms with Crippen molar-refractivity contribution in [3.05, 3.63) is 155 Å². The summed E-state index contributed by atoms with van der Waals surface area (Å²) >= 11 is 2.53. The minimum atomic E-state index is -4.24. The molecule has 0 saturated carbocycles. The van der Waals surface area contributed by atoms with E-state index in [1.165, 1.54) is 84.6 Å². The largest absolute Gasteiger partial charge is 0.480 e. The normalized spacial score (nSPS) is 11.5. The zero-order chi connectivity index (χ0) is 51.6. The maximum Gasteiger partial charge on any atom is 0.335 e. The Balaban J connectivity index is 0.000000180. The highest BCUT2D eigenvalue weighted by atomic mass is 32.2. The first-order chi connectivity index (χ1) is 35.0. The molecule has 24 nitrogen and oxygen atoms in total. The minimum Gasteiger partial charge on any atom is -0.480 e. The number of benzene rings is 2. The van der Waals surface area contributed by atoms with Gasteiger partial charge in [-0.3, -0.25) is 24.2 Å². The SMILES string of the molecule is COc1ncc(-c2nn3c(-c4cncc(CN)c4)cnc3s2)cc1NS(=O)(=O)c1cccc(C(=O)O)c1.NCc1cncc(-c2cnc3sc(-c4c[nH]c(=O)c(NS(=O)(=O)c5cccc(C(=O)O)c5)c4)nn23)c1. The Bertz CT molecular complexity index is 4060. The maximum atomic E-state index is 13.0. The van der Waals surface area contributed by atoms with Crippen molar-refractivity contribution in [2.45, 2.75) is 22.9 Å². The van der Waals surface area contributed by atoms with Crippen LogP contribution in [-0.2, 0) is 33.1 Å². The van der Waals surface area contributed by atoms with Crippen molar-refractivity contribution >= 4 is 76.0 Å². The number of carboxylic acids is 2. The van der Waals surface area contributed by atoms with Gasteiger partial charge in [-0.1, -0.05) is 34.8 Å². The van der Waals surface area contributed by atoms with E-state index in [-0.39, 0.29) is 38.2 Å². The third-order valence-electron chi connectivity index (χ3n) is 10.5. The fraction of sp³-hybridized carbons (Fsp3) is 0.0667. The van der Waals surface area contributed by atoms with E-state index >= 15 is 0 Å². The first-order valence-electron chi connectivity index (χ1n) is 21.0. The molecule has 0 fully saturated rings. The number of nitrogens with two attached hydrogens (primary N) is 2. The standard InChI is InChI=1S/C23H19N7O5S2.C22H17N7O5S2/c1-35-20-18(29-37(33,34)17-4-2-3-14(6-17)22(31)32)7-16(11-26-20)21-28-30-19(12-27-23(30)36-21)15-5-13(8-24)9-25-10-15;23-7-12-4-14(9-24-8-12)18-11-26-22-29(18)27-20(35-22)15-6-17(19(30)25-10-15)28-36(33,34)16-3-1-2-13(5-16)21(31)32/h2-7,9-12,29H,8,24H2,1H3,(H,31,32);1-6,8-11,28H,7,23H2,(H,25,30)(H,31,32). The summed E-state index contributed by atoms with van der Waals surface area (Å²) in [5, 5.41) is 28.6. The topological polar surface area (TPSA) is 360 Å². The molecule has 0 atom stereocenters. The molecule has 0 aliphatic heterocycles. The number of aromatic nitrogens is 10. The number of fused-ring (bicyclic) bond motifs is 2. The fourth-order valence-electron chi connectivity index (χ4n) is 6.98. The van der Waals surface area contributed by atoms with Crippen LogP contribution in [-0.4, -0.2) is 95.2 Å². The number of sulfonamides is 2. The number of carbonyl (C=O) groups is 2. The zero-order valence-electron chi connectivity index (χ0n) is 37.4. The number of hydrogen-bond acceptors (Lipinski definition) is 19. The second-order valence-corrected chi connectivity index (χ2v) is 20.6. The van der Waals surface area contributed by atoms with E-state index in [9.17, 15) is 36.3 Å². The Labute approximate surface area is 419 Å². The summed E-state index contributed by atoms with van der Waals surface area (Å²) in [6, 6.07) is 16.5. The minimum absolute atomic E-state index is 0.0356. The van der Waals surface area contributed by atoms with Gasteiger partial charge in [-0.25, -0.2) is 50.4 Å². The van der Waals surface area contributed by atoms with Crippen LogP contribution in [0.3, 0.4) is 0 Å². The van der Waals surface area contributed by atoms with Gasteiger partial charge in [-0.15, -0.1) is 0 Å². The van der Waals surface area contributed by atoms with Gasteiger partial charge in [0.2, 0.25) is 15.8 Å². The summed E-state index contributed by atoms with van der Waals surface area (Å²) in [4.78, 5) is 59.5. The van der Waals surface area contributed by atoms with Crippen LogP contribution >= 0.6 is 22.7 Å². The van der Waals surface area contributed by atoms with Gasteiger partial charge in [0.1, 0.15) is 21.4 Å². The Kier molecular flexibility index (Phi) is 13.6.